The van der Waals surface area contributed by atoms with Crippen molar-refractivity contribution in [3.8, 4) is 0 Å². The average Bonchev–Trinajstić information content (AvgIpc) is 2.56. The number of nitrogens with one attached hydrogen (secondary N) is 2. The van der Waals surface area contributed by atoms with E-state index in [9.17, 15) is 13.2 Å². The van der Waals surface area contributed by atoms with Gasteiger partial charge in [0.2, 0.25) is 10.0 Å². The summed E-state index contributed by atoms with van der Waals surface area (Å²) in [5.74, 6) is -0.102. The Balaban J connectivity index is 0.00000338. The van der Waals surface area contributed by atoms with Crippen molar-refractivity contribution in [2.45, 2.75) is 51.6 Å². The fourth-order valence-corrected chi connectivity index (χ4v) is 4.13. The molecule has 1 aromatic carbocycles. The van der Waals surface area contributed by atoms with Crippen molar-refractivity contribution in [2.24, 2.45) is 0 Å². The van der Waals surface area contributed by atoms with Gasteiger partial charge in [0.1, 0.15) is 0 Å². The van der Waals surface area contributed by atoms with Crippen LogP contribution < -0.4 is 10.0 Å². The molecule has 1 aliphatic rings. The SMILES string of the molecule is CCN(CC)C1CCCCC1NC(=O)c1ccc(NS(C)(=O)=O)cc1.Cl. The summed E-state index contributed by atoms with van der Waals surface area (Å²) in [4.78, 5) is 15.0. The second-order valence-corrected chi connectivity index (χ2v) is 8.35. The second kappa shape index (κ2) is 10.1. The van der Waals surface area contributed by atoms with Crippen LogP contribution in [0, 0.1) is 0 Å². The Labute approximate surface area is 163 Å². The number of sulfonamides is 1. The third-order valence-electron chi connectivity index (χ3n) is 4.78. The summed E-state index contributed by atoms with van der Waals surface area (Å²) < 4.78 is 24.9. The van der Waals surface area contributed by atoms with Crippen LogP contribution in [-0.2, 0) is 10.0 Å². The summed E-state index contributed by atoms with van der Waals surface area (Å²) in [6.07, 6.45) is 5.56. The molecule has 0 bridgehead atoms. The van der Waals surface area contributed by atoms with Crippen LogP contribution in [0.2, 0.25) is 0 Å². The number of amides is 1. The van der Waals surface area contributed by atoms with Gasteiger partial charge >= 0.3 is 0 Å². The first-order chi connectivity index (χ1) is 11.8. The molecular weight excluding hydrogens is 374 g/mol. The molecule has 2 N–H and O–H groups in total. The van der Waals surface area contributed by atoms with Crippen LogP contribution in [0.15, 0.2) is 24.3 Å². The number of nitrogens with zero attached hydrogens (tertiary/aromatic N) is 1. The van der Waals surface area contributed by atoms with Crippen molar-refractivity contribution in [3.05, 3.63) is 29.8 Å². The highest BCUT2D eigenvalue weighted by atomic mass is 35.5. The van der Waals surface area contributed by atoms with E-state index in [-0.39, 0.29) is 24.4 Å². The standard InChI is InChI=1S/C18H29N3O3S.ClH/c1-4-21(5-2)17-9-7-6-8-16(17)19-18(22)14-10-12-15(13-11-14)20-25(3,23)24;/h10-13,16-17,20H,4-9H2,1-3H3,(H,19,22);1H. The van der Waals surface area contributed by atoms with Gasteiger partial charge in [-0.15, -0.1) is 12.4 Å². The van der Waals surface area contributed by atoms with E-state index in [1.807, 2.05) is 0 Å². The minimum absolute atomic E-state index is 0. The maximum Gasteiger partial charge on any atom is 0.251 e. The Kier molecular flexibility index (Phi) is 8.86. The van der Waals surface area contributed by atoms with E-state index in [2.05, 4.69) is 28.8 Å². The monoisotopic (exact) mass is 403 g/mol. The van der Waals surface area contributed by atoms with Gasteiger partial charge < -0.3 is 5.32 Å². The highest BCUT2D eigenvalue weighted by Crippen LogP contribution is 2.23. The van der Waals surface area contributed by atoms with Crippen molar-refractivity contribution in [2.75, 3.05) is 24.1 Å². The number of carbonyl (C=O) groups excluding carboxylic acids is 1. The van der Waals surface area contributed by atoms with E-state index in [1.54, 1.807) is 24.3 Å². The quantitative estimate of drug-likeness (QED) is 0.733. The molecule has 1 aliphatic carbocycles. The van der Waals surface area contributed by atoms with Crippen molar-refractivity contribution in [1.29, 1.82) is 0 Å². The molecular formula is C18H30ClN3O3S. The molecule has 2 unspecified atom stereocenters. The largest absolute Gasteiger partial charge is 0.348 e. The zero-order valence-corrected chi connectivity index (χ0v) is 17.3. The van der Waals surface area contributed by atoms with Crippen molar-refractivity contribution >= 4 is 34.0 Å². The van der Waals surface area contributed by atoms with Crippen LogP contribution in [0.4, 0.5) is 5.69 Å². The number of carbonyl (C=O) groups is 1. The van der Waals surface area contributed by atoms with Crippen LogP contribution in [0.25, 0.3) is 0 Å². The van der Waals surface area contributed by atoms with Gasteiger partial charge in [-0.1, -0.05) is 26.7 Å². The number of hydrogen-bond acceptors (Lipinski definition) is 4. The first-order valence-electron chi connectivity index (χ1n) is 8.96. The van der Waals surface area contributed by atoms with Gasteiger partial charge in [-0.2, -0.15) is 0 Å². The van der Waals surface area contributed by atoms with E-state index in [1.165, 1.54) is 6.42 Å². The Morgan fingerprint density at radius 3 is 2.23 bits per heavy atom. The zero-order chi connectivity index (χ0) is 18.4. The number of rotatable bonds is 7. The number of likely N-dealkylation sites (N-methyl/N-ethyl adjacent to an activating group) is 1. The second-order valence-electron chi connectivity index (χ2n) is 6.60. The van der Waals surface area contributed by atoms with Crippen molar-refractivity contribution in [3.63, 3.8) is 0 Å². The molecule has 1 amide bonds. The molecule has 0 saturated heterocycles. The van der Waals surface area contributed by atoms with E-state index in [0.717, 1.165) is 38.6 Å². The number of hydrogen-bond donors (Lipinski definition) is 2. The number of benzene rings is 1. The Morgan fingerprint density at radius 1 is 1.12 bits per heavy atom. The van der Waals surface area contributed by atoms with E-state index in [4.69, 9.17) is 0 Å². The van der Waals surface area contributed by atoms with E-state index >= 15 is 0 Å². The van der Waals surface area contributed by atoms with Gasteiger partial charge in [0.15, 0.2) is 0 Å². The van der Waals surface area contributed by atoms with Crippen molar-refractivity contribution in [1.82, 2.24) is 10.2 Å². The first kappa shape index (κ1) is 22.7. The van der Waals surface area contributed by atoms with Crippen LogP contribution in [0.3, 0.4) is 0 Å². The average molecular weight is 404 g/mol. The van der Waals surface area contributed by atoms with Gasteiger partial charge in [0, 0.05) is 23.3 Å². The van der Waals surface area contributed by atoms with Crippen molar-refractivity contribution < 1.29 is 13.2 Å². The third kappa shape index (κ3) is 6.45. The maximum atomic E-state index is 12.6. The summed E-state index contributed by atoms with van der Waals surface area (Å²) in [7, 11) is -3.31. The third-order valence-corrected chi connectivity index (χ3v) is 5.38. The molecule has 0 heterocycles. The molecule has 1 fully saturated rings. The molecule has 0 radical (unpaired) electrons. The Bertz CT molecular complexity index is 675. The molecule has 148 valence electrons. The molecule has 0 aromatic heterocycles. The number of halogens is 1. The smallest absolute Gasteiger partial charge is 0.251 e. The number of anilines is 1. The Hall–Kier alpha value is -1.31. The molecule has 26 heavy (non-hydrogen) atoms. The summed E-state index contributed by atoms with van der Waals surface area (Å²) in [5.41, 5.74) is 1.00. The lowest BCUT2D eigenvalue weighted by molar-refractivity contribution is 0.0846. The summed E-state index contributed by atoms with van der Waals surface area (Å²) >= 11 is 0. The van der Waals surface area contributed by atoms with E-state index < -0.39 is 10.0 Å². The zero-order valence-electron chi connectivity index (χ0n) is 15.7. The van der Waals surface area contributed by atoms with Crippen LogP contribution >= 0.6 is 12.4 Å². The predicted molar refractivity (Wildman–Crippen MR) is 109 cm³/mol. The molecule has 2 rings (SSSR count). The fraction of sp³-hybridized carbons (Fsp3) is 0.611. The topological polar surface area (TPSA) is 78.5 Å². The molecule has 6 nitrogen and oxygen atoms in total. The van der Waals surface area contributed by atoms with Gasteiger partial charge in [0.25, 0.3) is 5.91 Å². The minimum Gasteiger partial charge on any atom is -0.348 e. The predicted octanol–water partition coefficient (Wildman–Crippen LogP) is 2.86. The summed E-state index contributed by atoms with van der Waals surface area (Å²) in [5, 5.41) is 3.18. The van der Waals surface area contributed by atoms with Gasteiger partial charge in [-0.05, 0) is 50.2 Å². The molecule has 1 aromatic rings. The lowest BCUT2D eigenvalue weighted by atomic mass is 9.88. The highest BCUT2D eigenvalue weighted by Gasteiger charge is 2.30. The van der Waals surface area contributed by atoms with Gasteiger partial charge in [0.05, 0.1) is 6.26 Å². The molecule has 0 aliphatic heterocycles. The molecule has 2 atom stereocenters. The Morgan fingerprint density at radius 2 is 1.69 bits per heavy atom. The van der Waals surface area contributed by atoms with Gasteiger partial charge in [-0.3, -0.25) is 14.4 Å². The summed E-state index contributed by atoms with van der Waals surface area (Å²) in [6, 6.07) is 7.07. The first-order valence-corrected chi connectivity index (χ1v) is 10.9. The van der Waals surface area contributed by atoms with Crippen LogP contribution in [0.1, 0.15) is 49.9 Å². The molecule has 0 spiro atoms. The highest BCUT2D eigenvalue weighted by molar-refractivity contribution is 7.92. The van der Waals surface area contributed by atoms with E-state index in [0.29, 0.717) is 17.3 Å². The summed E-state index contributed by atoms with van der Waals surface area (Å²) in [6.45, 7) is 6.29. The maximum absolute atomic E-state index is 12.6. The minimum atomic E-state index is -3.31. The van der Waals surface area contributed by atoms with Gasteiger partial charge in [-0.25, -0.2) is 8.42 Å². The lowest BCUT2D eigenvalue weighted by Crippen LogP contribution is -2.53. The molecule has 8 heteroatoms. The lowest BCUT2D eigenvalue weighted by Gasteiger charge is -2.39. The molecule has 1 saturated carbocycles. The fourth-order valence-electron chi connectivity index (χ4n) is 3.56. The normalized spacial score (nSPS) is 20.3. The van der Waals surface area contributed by atoms with Crippen LogP contribution in [0.5, 0.6) is 0 Å². The van der Waals surface area contributed by atoms with Crippen LogP contribution in [-0.4, -0.2) is 50.7 Å².